The molecule has 0 aliphatic carbocycles. The summed E-state index contributed by atoms with van der Waals surface area (Å²) in [4.78, 5) is 11.1. The van der Waals surface area contributed by atoms with Gasteiger partial charge in [0, 0.05) is 18.5 Å². The second kappa shape index (κ2) is 6.43. The van der Waals surface area contributed by atoms with E-state index >= 15 is 0 Å². The van der Waals surface area contributed by atoms with Crippen LogP contribution in [-0.4, -0.2) is 23.6 Å². The molecule has 4 heteroatoms. The van der Waals surface area contributed by atoms with Gasteiger partial charge in [0.05, 0.1) is 12.6 Å². The Balaban J connectivity index is 1.92. The lowest BCUT2D eigenvalue weighted by Crippen LogP contribution is -2.23. The van der Waals surface area contributed by atoms with Gasteiger partial charge in [-0.25, -0.2) is 9.97 Å². The minimum absolute atomic E-state index is 0.807. The van der Waals surface area contributed by atoms with Crippen LogP contribution in [-0.2, 0) is 6.54 Å². The Bertz CT molecular complexity index is 750. The lowest BCUT2D eigenvalue weighted by Gasteiger charge is -2.23. The van der Waals surface area contributed by atoms with E-state index in [1.807, 2.05) is 30.3 Å². The normalized spacial score (nSPS) is 10.6. The topological polar surface area (TPSA) is 38.2 Å². The van der Waals surface area contributed by atoms with E-state index in [9.17, 15) is 0 Å². The fraction of sp³-hybridized carbons (Fsp3) is 0.222. The predicted octanol–water partition coefficient (Wildman–Crippen LogP) is 3.66. The van der Waals surface area contributed by atoms with E-state index in [-0.39, 0.29) is 0 Å². The highest BCUT2D eigenvalue weighted by molar-refractivity contribution is 5.89. The highest BCUT2D eigenvalue weighted by Crippen LogP contribution is 2.24. The van der Waals surface area contributed by atoms with Crippen LogP contribution in [0.4, 0.5) is 5.82 Å². The third-order valence-corrected chi connectivity index (χ3v) is 3.74. The lowest BCUT2D eigenvalue weighted by molar-refractivity contribution is 0.414. The Kier molecular flexibility index (Phi) is 4.19. The number of para-hydroxylation sites is 1. The Morgan fingerprint density at radius 2 is 1.77 bits per heavy atom. The molecule has 0 saturated carbocycles. The van der Waals surface area contributed by atoms with Crippen LogP contribution in [0.5, 0.6) is 5.75 Å². The third-order valence-electron chi connectivity index (χ3n) is 3.74. The van der Waals surface area contributed by atoms with Gasteiger partial charge in [-0.3, -0.25) is 0 Å². The first kappa shape index (κ1) is 14.3. The number of hydrogen-bond acceptors (Lipinski definition) is 4. The smallest absolute Gasteiger partial charge is 0.140 e. The average molecular weight is 293 g/mol. The zero-order valence-electron chi connectivity index (χ0n) is 12.9. The van der Waals surface area contributed by atoms with Crippen molar-refractivity contribution in [2.75, 3.05) is 18.6 Å². The van der Waals surface area contributed by atoms with Crippen LogP contribution in [0.2, 0.25) is 0 Å². The second-order valence-electron chi connectivity index (χ2n) is 5.08. The standard InChI is InChI=1S/C18H19N3O/c1-3-21(12-14-8-10-15(22-2)11-9-14)18-16-6-4-5-7-17(16)19-13-20-18/h4-11,13H,3,12H2,1-2H3. The maximum absolute atomic E-state index is 5.21. The summed E-state index contributed by atoms with van der Waals surface area (Å²) in [5.41, 5.74) is 2.20. The Hall–Kier alpha value is -2.62. The van der Waals surface area contributed by atoms with Crippen LogP contribution in [0.25, 0.3) is 10.9 Å². The molecule has 0 aliphatic rings. The van der Waals surface area contributed by atoms with Crippen molar-refractivity contribution in [3.05, 3.63) is 60.4 Å². The SMILES string of the molecule is CCN(Cc1ccc(OC)cc1)c1ncnc2ccccc12. The Labute approximate surface area is 130 Å². The summed E-state index contributed by atoms with van der Waals surface area (Å²) in [6, 6.07) is 16.3. The molecule has 0 aliphatic heterocycles. The van der Waals surface area contributed by atoms with Crippen molar-refractivity contribution in [1.82, 2.24) is 9.97 Å². The number of aromatic nitrogens is 2. The van der Waals surface area contributed by atoms with Crippen LogP contribution < -0.4 is 9.64 Å². The molecule has 2 aromatic carbocycles. The second-order valence-corrected chi connectivity index (χ2v) is 5.08. The Morgan fingerprint density at radius 3 is 2.50 bits per heavy atom. The van der Waals surface area contributed by atoms with Crippen LogP contribution >= 0.6 is 0 Å². The van der Waals surface area contributed by atoms with Gasteiger partial charge in [0.1, 0.15) is 17.9 Å². The highest BCUT2D eigenvalue weighted by Gasteiger charge is 2.11. The van der Waals surface area contributed by atoms with Crippen molar-refractivity contribution in [2.45, 2.75) is 13.5 Å². The van der Waals surface area contributed by atoms with Crippen LogP contribution in [0.1, 0.15) is 12.5 Å². The molecule has 22 heavy (non-hydrogen) atoms. The molecule has 112 valence electrons. The molecule has 1 aromatic heterocycles. The number of anilines is 1. The number of nitrogens with zero attached hydrogens (tertiary/aromatic N) is 3. The fourth-order valence-corrected chi connectivity index (χ4v) is 2.53. The number of ether oxygens (including phenoxy) is 1. The lowest BCUT2D eigenvalue weighted by atomic mass is 10.2. The summed E-state index contributed by atoms with van der Waals surface area (Å²) < 4.78 is 5.21. The largest absolute Gasteiger partial charge is 0.497 e. The quantitative estimate of drug-likeness (QED) is 0.719. The van der Waals surface area contributed by atoms with Crippen LogP contribution in [0.3, 0.4) is 0 Å². The van der Waals surface area contributed by atoms with Crippen molar-refractivity contribution in [3.63, 3.8) is 0 Å². The van der Waals surface area contributed by atoms with Crippen molar-refractivity contribution >= 4 is 16.7 Å². The van der Waals surface area contributed by atoms with E-state index in [1.54, 1.807) is 13.4 Å². The summed E-state index contributed by atoms with van der Waals surface area (Å²) >= 11 is 0. The molecule has 0 atom stereocenters. The zero-order valence-corrected chi connectivity index (χ0v) is 12.9. The van der Waals surface area contributed by atoms with Gasteiger partial charge in [-0.1, -0.05) is 24.3 Å². The molecule has 0 saturated heterocycles. The molecule has 3 aromatic rings. The summed E-state index contributed by atoms with van der Waals surface area (Å²) in [6.07, 6.45) is 1.63. The van der Waals surface area contributed by atoms with Crippen molar-refractivity contribution in [3.8, 4) is 5.75 Å². The van der Waals surface area contributed by atoms with Gasteiger partial charge >= 0.3 is 0 Å². The van der Waals surface area contributed by atoms with Gasteiger partial charge in [-0.2, -0.15) is 0 Å². The van der Waals surface area contributed by atoms with E-state index in [0.29, 0.717) is 0 Å². The summed E-state index contributed by atoms with van der Waals surface area (Å²) in [7, 11) is 1.68. The van der Waals surface area contributed by atoms with Gasteiger partial charge in [0.15, 0.2) is 0 Å². The van der Waals surface area contributed by atoms with Crippen LogP contribution in [0.15, 0.2) is 54.9 Å². The molecule has 1 heterocycles. The first-order valence-electron chi connectivity index (χ1n) is 7.39. The zero-order chi connectivity index (χ0) is 15.4. The van der Waals surface area contributed by atoms with Crippen LogP contribution in [0, 0.1) is 0 Å². The molecule has 0 fully saturated rings. The third kappa shape index (κ3) is 2.86. The monoisotopic (exact) mass is 293 g/mol. The first-order valence-corrected chi connectivity index (χ1v) is 7.39. The molecule has 4 nitrogen and oxygen atoms in total. The first-order chi connectivity index (χ1) is 10.8. The minimum Gasteiger partial charge on any atom is -0.497 e. The molecule has 0 unspecified atom stereocenters. The van der Waals surface area contributed by atoms with E-state index in [1.165, 1.54) is 5.56 Å². The number of benzene rings is 2. The van der Waals surface area contributed by atoms with Gasteiger partial charge < -0.3 is 9.64 Å². The van der Waals surface area contributed by atoms with Gasteiger partial charge in [0.25, 0.3) is 0 Å². The summed E-state index contributed by atoms with van der Waals surface area (Å²) in [6.45, 7) is 3.83. The fourth-order valence-electron chi connectivity index (χ4n) is 2.53. The Morgan fingerprint density at radius 1 is 1.00 bits per heavy atom. The van der Waals surface area contributed by atoms with Gasteiger partial charge in [-0.05, 0) is 36.8 Å². The van der Waals surface area contributed by atoms with Crippen molar-refractivity contribution < 1.29 is 4.74 Å². The molecule has 0 N–H and O–H groups in total. The number of fused-ring (bicyclic) bond motifs is 1. The highest BCUT2D eigenvalue weighted by atomic mass is 16.5. The maximum atomic E-state index is 5.21. The van der Waals surface area contributed by atoms with E-state index < -0.39 is 0 Å². The van der Waals surface area contributed by atoms with Gasteiger partial charge in [0.2, 0.25) is 0 Å². The van der Waals surface area contributed by atoms with Gasteiger partial charge in [-0.15, -0.1) is 0 Å². The molecule has 0 spiro atoms. The molecule has 0 radical (unpaired) electrons. The number of methoxy groups -OCH3 is 1. The predicted molar refractivity (Wildman–Crippen MR) is 89.3 cm³/mol. The number of hydrogen-bond donors (Lipinski definition) is 0. The minimum atomic E-state index is 0.807. The van der Waals surface area contributed by atoms with E-state index in [2.05, 4.69) is 40.0 Å². The maximum Gasteiger partial charge on any atom is 0.140 e. The average Bonchev–Trinajstić information content (AvgIpc) is 2.60. The van der Waals surface area contributed by atoms with E-state index in [0.717, 1.165) is 35.6 Å². The summed E-state index contributed by atoms with van der Waals surface area (Å²) in [5, 5.41) is 1.08. The molecular weight excluding hydrogens is 274 g/mol. The van der Waals surface area contributed by atoms with E-state index in [4.69, 9.17) is 4.74 Å². The molecule has 3 rings (SSSR count). The summed E-state index contributed by atoms with van der Waals surface area (Å²) in [5.74, 6) is 1.85. The van der Waals surface area contributed by atoms with Crippen molar-refractivity contribution in [1.29, 1.82) is 0 Å². The molecular formula is C18H19N3O. The van der Waals surface area contributed by atoms with Crippen molar-refractivity contribution in [2.24, 2.45) is 0 Å². The number of rotatable bonds is 5. The molecule has 0 amide bonds. The molecule has 0 bridgehead atoms.